The average molecular weight is 239 g/mol. The highest BCUT2D eigenvalue weighted by atomic mass is 35.5. The highest BCUT2D eigenvalue weighted by molar-refractivity contribution is 6.30. The van der Waals surface area contributed by atoms with Crippen molar-refractivity contribution in [1.29, 1.82) is 0 Å². The minimum atomic E-state index is -0.489. The van der Waals surface area contributed by atoms with Gasteiger partial charge in [-0.25, -0.2) is 9.37 Å². The van der Waals surface area contributed by atoms with Crippen LogP contribution in [0.3, 0.4) is 0 Å². The van der Waals surface area contributed by atoms with E-state index in [1.807, 2.05) is 0 Å². The molecule has 2 aromatic rings. The molecule has 0 radical (unpaired) electrons. The van der Waals surface area contributed by atoms with Crippen LogP contribution in [-0.2, 0) is 6.54 Å². The Morgan fingerprint density at radius 3 is 3.00 bits per heavy atom. The summed E-state index contributed by atoms with van der Waals surface area (Å²) in [6.07, 6.45) is 2.95. The number of halogens is 2. The van der Waals surface area contributed by atoms with Crippen LogP contribution < -0.4 is 5.32 Å². The zero-order valence-corrected chi connectivity index (χ0v) is 8.95. The second-order valence-electron chi connectivity index (χ2n) is 3.05. The number of nitrogens with one attached hydrogen (secondary N) is 1. The number of aromatic nitrogens is 3. The first-order valence-corrected chi connectivity index (χ1v) is 4.95. The van der Waals surface area contributed by atoms with Crippen LogP contribution in [0.4, 0.5) is 10.2 Å². The third-order valence-corrected chi connectivity index (χ3v) is 2.08. The van der Waals surface area contributed by atoms with E-state index in [1.54, 1.807) is 18.3 Å². The van der Waals surface area contributed by atoms with Gasteiger partial charge < -0.3 is 5.32 Å². The van der Waals surface area contributed by atoms with Crippen LogP contribution in [0.1, 0.15) is 5.69 Å². The molecule has 0 unspecified atom stereocenters. The molecule has 16 heavy (non-hydrogen) atoms. The third-order valence-electron chi connectivity index (χ3n) is 1.87. The summed E-state index contributed by atoms with van der Waals surface area (Å²) < 4.78 is 13.3. The molecule has 0 saturated carbocycles. The summed E-state index contributed by atoms with van der Waals surface area (Å²) in [4.78, 5) is 3.83. The van der Waals surface area contributed by atoms with Gasteiger partial charge in [-0.2, -0.15) is 10.2 Å². The maximum Gasteiger partial charge on any atom is 0.166 e. The zero-order chi connectivity index (χ0) is 11.4. The Kier molecular flexibility index (Phi) is 3.26. The van der Waals surface area contributed by atoms with Gasteiger partial charge in [0, 0.05) is 12.4 Å². The molecular formula is C10H8ClFN4. The van der Waals surface area contributed by atoms with Crippen molar-refractivity contribution in [2.24, 2.45) is 0 Å². The molecule has 6 heteroatoms. The Balaban J connectivity index is 2.05. The van der Waals surface area contributed by atoms with Gasteiger partial charge in [-0.1, -0.05) is 11.6 Å². The van der Waals surface area contributed by atoms with Crippen molar-refractivity contribution in [3.05, 3.63) is 47.1 Å². The Hall–Kier alpha value is -1.75. The standard InChI is InChI=1S/C10H8ClFN4/c11-7-4-9(12)10(13-5-7)14-6-8-2-1-3-15-16-8/h1-5H,6H2,(H,13,14). The molecule has 0 amide bonds. The second-order valence-corrected chi connectivity index (χ2v) is 3.49. The fraction of sp³-hybridized carbons (Fsp3) is 0.100. The van der Waals surface area contributed by atoms with Crippen molar-refractivity contribution in [3.8, 4) is 0 Å². The Labute approximate surface area is 96.5 Å². The number of hydrogen-bond donors (Lipinski definition) is 1. The molecule has 2 heterocycles. The van der Waals surface area contributed by atoms with E-state index in [0.29, 0.717) is 12.2 Å². The number of pyridine rings is 1. The minimum Gasteiger partial charge on any atom is -0.362 e. The lowest BCUT2D eigenvalue weighted by molar-refractivity contribution is 0.624. The summed E-state index contributed by atoms with van der Waals surface area (Å²) in [5, 5.41) is 10.6. The smallest absolute Gasteiger partial charge is 0.166 e. The maximum atomic E-state index is 13.3. The molecule has 0 aliphatic heterocycles. The van der Waals surface area contributed by atoms with Gasteiger partial charge in [0.15, 0.2) is 11.6 Å². The SMILES string of the molecule is Fc1cc(Cl)cnc1NCc1cccnn1. The predicted molar refractivity (Wildman–Crippen MR) is 58.6 cm³/mol. The monoisotopic (exact) mass is 238 g/mol. The lowest BCUT2D eigenvalue weighted by Gasteiger charge is -2.05. The van der Waals surface area contributed by atoms with E-state index in [0.717, 1.165) is 0 Å². The molecular weight excluding hydrogens is 231 g/mol. The van der Waals surface area contributed by atoms with Crippen molar-refractivity contribution in [1.82, 2.24) is 15.2 Å². The van der Waals surface area contributed by atoms with Gasteiger partial charge in [-0.3, -0.25) is 0 Å². The largest absolute Gasteiger partial charge is 0.362 e. The van der Waals surface area contributed by atoms with Crippen LogP contribution in [0, 0.1) is 5.82 Å². The molecule has 0 spiro atoms. The molecule has 4 nitrogen and oxygen atoms in total. The van der Waals surface area contributed by atoms with Crippen LogP contribution in [-0.4, -0.2) is 15.2 Å². The van der Waals surface area contributed by atoms with Gasteiger partial charge >= 0.3 is 0 Å². The summed E-state index contributed by atoms with van der Waals surface area (Å²) in [5.41, 5.74) is 0.707. The fourth-order valence-electron chi connectivity index (χ4n) is 1.15. The maximum absolute atomic E-state index is 13.3. The van der Waals surface area contributed by atoms with Crippen LogP contribution in [0.5, 0.6) is 0 Å². The molecule has 0 aliphatic rings. The number of hydrogen-bond acceptors (Lipinski definition) is 4. The predicted octanol–water partition coefficient (Wildman–Crippen LogP) is 2.28. The van der Waals surface area contributed by atoms with E-state index in [2.05, 4.69) is 20.5 Å². The van der Waals surface area contributed by atoms with E-state index >= 15 is 0 Å². The first kappa shape index (κ1) is 10.8. The van der Waals surface area contributed by atoms with Crippen LogP contribution in [0.25, 0.3) is 0 Å². The number of anilines is 1. The molecule has 0 saturated heterocycles. The molecule has 0 aromatic carbocycles. The van der Waals surface area contributed by atoms with E-state index < -0.39 is 5.82 Å². The van der Waals surface area contributed by atoms with Gasteiger partial charge in [0.05, 0.1) is 17.3 Å². The summed E-state index contributed by atoms with van der Waals surface area (Å²) >= 11 is 5.58. The quantitative estimate of drug-likeness (QED) is 0.891. The van der Waals surface area contributed by atoms with E-state index in [9.17, 15) is 4.39 Å². The van der Waals surface area contributed by atoms with E-state index in [-0.39, 0.29) is 10.8 Å². The van der Waals surface area contributed by atoms with E-state index in [4.69, 9.17) is 11.6 Å². The Bertz CT molecular complexity index is 478. The van der Waals surface area contributed by atoms with Crippen molar-refractivity contribution < 1.29 is 4.39 Å². The lowest BCUT2D eigenvalue weighted by Crippen LogP contribution is -2.05. The molecule has 1 N–H and O–H groups in total. The van der Waals surface area contributed by atoms with Crippen LogP contribution >= 0.6 is 11.6 Å². The van der Waals surface area contributed by atoms with Crippen molar-refractivity contribution in [2.45, 2.75) is 6.54 Å². The Morgan fingerprint density at radius 1 is 1.44 bits per heavy atom. The van der Waals surface area contributed by atoms with Crippen LogP contribution in [0.15, 0.2) is 30.6 Å². The van der Waals surface area contributed by atoms with Gasteiger partial charge in [0.25, 0.3) is 0 Å². The van der Waals surface area contributed by atoms with E-state index in [1.165, 1.54) is 12.3 Å². The first-order chi connectivity index (χ1) is 7.75. The molecule has 2 rings (SSSR count). The molecule has 0 atom stereocenters. The summed E-state index contributed by atoms with van der Waals surface area (Å²) in [7, 11) is 0. The number of rotatable bonds is 3. The number of nitrogens with zero attached hydrogens (tertiary/aromatic N) is 3. The first-order valence-electron chi connectivity index (χ1n) is 4.57. The highest BCUT2D eigenvalue weighted by Gasteiger charge is 2.04. The summed E-state index contributed by atoms with van der Waals surface area (Å²) in [5.74, 6) is -0.341. The topological polar surface area (TPSA) is 50.7 Å². The van der Waals surface area contributed by atoms with Crippen molar-refractivity contribution in [3.63, 3.8) is 0 Å². The average Bonchev–Trinajstić information content (AvgIpc) is 2.29. The third kappa shape index (κ3) is 2.64. The lowest BCUT2D eigenvalue weighted by atomic mass is 10.3. The van der Waals surface area contributed by atoms with Crippen molar-refractivity contribution in [2.75, 3.05) is 5.32 Å². The van der Waals surface area contributed by atoms with Gasteiger partial charge in [-0.15, -0.1) is 0 Å². The summed E-state index contributed by atoms with van der Waals surface area (Å²) in [6.45, 7) is 0.361. The van der Waals surface area contributed by atoms with Gasteiger partial charge in [0.1, 0.15) is 0 Å². The molecule has 0 fully saturated rings. The van der Waals surface area contributed by atoms with Gasteiger partial charge in [0.2, 0.25) is 0 Å². The highest BCUT2D eigenvalue weighted by Crippen LogP contribution is 2.15. The second kappa shape index (κ2) is 4.85. The fourth-order valence-corrected chi connectivity index (χ4v) is 1.29. The summed E-state index contributed by atoms with van der Waals surface area (Å²) in [6, 6.07) is 4.75. The molecule has 82 valence electrons. The minimum absolute atomic E-state index is 0.148. The normalized spacial score (nSPS) is 10.1. The van der Waals surface area contributed by atoms with Crippen molar-refractivity contribution >= 4 is 17.4 Å². The molecule has 0 aliphatic carbocycles. The molecule has 2 aromatic heterocycles. The zero-order valence-electron chi connectivity index (χ0n) is 8.19. The Morgan fingerprint density at radius 2 is 2.31 bits per heavy atom. The molecule has 0 bridgehead atoms. The van der Waals surface area contributed by atoms with Gasteiger partial charge in [-0.05, 0) is 18.2 Å². The van der Waals surface area contributed by atoms with Crippen LogP contribution in [0.2, 0.25) is 5.02 Å².